The summed E-state index contributed by atoms with van der Waals surface area (Å²) in [6.45, 7) is 0. The van der Waals surface area contributed by atoms with Gasteiger partial charge < -0.3 is 0 Å². The minimum atomic E-state index is 0.636. The Kier molecular flexibility index (Phi) is 3.88. The maximum atomic E-state index is 4.92. The van der Waals surface area contributed by atoms with Crippen molar-refractivity contribution in [1.29, 1.82) is 0 Å². The zero-order valence-electron chi connectivity index (χ0n) is 11.2. The normalized spacial score (nSPS) is 20.7. The van der Waals surface area contributed by atoms with Gasteiger partial charge in [-0.1, -0.05) is 19.3 Å². The van der Waals surface area contributed by atoms with Crippen LogP contribution in [0.4, 0.5) is 0 Å². The molecular formula is C15H22N2S. The van der Waals surface area contributed by atoms with Crippen LogP contribution >= 0.6 is 11.8 Å². The van der Waals surface area contributed by atoms with Crippen LogP contribution in [0.5, 0.6) is 0 Å². The second-order valence-corrected chi connectivity index (χ2v) is 6.35. The highest BCUT2D eigenvalue weighted by molar-refractivity contribution is 7.98. The Bertz CT molecular complexity index is 407. The average molecular weight is 262 g/mol. The molecule has 0 saturated heterocycles. The molecule has 0 radical (unpaired) electrons. The predicted octanol–water partition coefficient (Wildman–Crippen LogP) is 4.13. The largest absolute Gasteiger partial charge is 0.237 e. The summed E-state index contributed by atoms with van der Waals surface area (Å²) in [6, 6.07) is 0. The number of aromatic nitrogens is 2. The van der Waals surface area contributed by atoms with Crippen LogP contribution in [0, 0.1) is 0 Å². The number of hydrogen-bond acceptors (Lipinski definition) is 3. The Labute approximate surface area is 114 Å². The third-order valence-electron chi connectivity index (χ3n) is 4.33. The maximum Gasteiger partial charge on any atom is 0.132 e. The second kappa shape index (κ2) is 5.60. The van der Waals surface area contributed by atoms with Gasteiger partial charge in [0, 0.05) is 17.2 Å². The van der Waals surface area contributed by atoms with E-state index in [9.17, 15) is 0 Å². The molecule has 2 aliphatic carbocycles. The third-order valence-corrected chi connectivity index (χ3v) is 5.05. The lowest BCUT2D eigenvalue weighted by Gasteiger charge is -2.24. The summed E-state index contributed by atoms with van der Waals surface area (Å²) in [4.78, 5) is 9.80. The van der Waals surface area contributed by atoms with Gasteiger partial charge in [0.25, 0.3) is 0 Å². The molecule has 3 rings (SSSR count). The lowest BCUT2D eigenvalue weighted by atomic mass is 9.88. The Morgan fingerprint density at radius 2 is 1.72 bits per heavy atom. The molecule has 98 valence electrons. The topological polar surface area (TPSA) is 25.8 Å². The van der Waals surface area contributed by atoms with Crippen LogP contribution in [-0.4, -0.2) is 16.2 Å². The molecule has 0 atom stereocenters. The maximum absolute atomic E-state index is 4.92. The highest BCUT2D eigenvalue weighted by atomic mass is 32.2. The third kappa shape index (κ3) is 2.42. The van der Waals surface area contributed by atoms with E-state index in [2.05, 4.69) is 6.26 Å². The number of thioether (sulfide) groups is 1. The highest BCUT2D eigenvalue weighted by Crippen LogP contribution is 2.34. The standard InChI is InChI=1S/C15H22N2S/c1-18-15-12-9-5-6-10-13(12)16-14(17-15)11-7-3-2-4-8-11/h11H,2-10H2,1H3. The molecule has 18 heavy (non-hydrogen) atoms. The van der Waals surface area contributed by atoms with E-state index in [1.807, 2.05) is 11.8 Å². The van der Waals surface area contributed by atoms with Gasteiger partial charge >= 0.3 is 0 Å². The van der Waals surface area contributed by atoms with Crippen LogP contribution < -0.4 is 0 Å². The van der Waals surface area contributed by atoms with Crippen molar-refractivity contribution in [2.75, 3.05) is 6.26 Å². The molecule has 1 aromatic rings. The zero-order valence-corrected chi connectivity index (χ0v) is 12.1. The summed E-state index contributed by atoms with van der Waals surface area (Å²) in [5.41, 5.74) is 2.81. The molecule has 3 heteroatoms. The zero-order chi connectivity index (χ0) is 12.4. The van der Waals surface area contributed by atoms with Gasteiger partial charge in [-0.3, -0.25) is 0 Å². The van der Waals surface area contributed by atoms with Gasteiger partial charge in [-0.05, 0) is 44.8 Å². The van der Waals surface area contributed by atoms with Crippen LogP contribution in [0.25, 0.3) is 0 Å². The Balaban J connectivity index is 1.94. The van der Waals surface area contributed by atoms with Crippen LogP contribution in [0.2, 0.25) is 0 Å². The Hall–Kier alpha value is -0.570. The number of nitrogens with zero attached hydrogens (tertiary/aromatic N) is 2. The quantitative estimate of drug-likeness (QED) is 0.592. The van der Waals surface area contributed by atoms with Gasteiger partial charge in [-0.2, -0.15) is 0 Å². The monoisotopic (exact) mass is 262 g/mol. The summed E-state index contributed by atoms with van der Waals surface area (Å²) >= 11 is 1.81. The molecule has 0 unspecified atom stereocenters. The minimum Gasteiger partial charge on any atom is -0.237 e. The van der Waals surface area contributed by atoms with E-state index >= 15 is 0 Å². The van der Waals surface area contributed by atoms with E-state index in [1.54, 1.807) is 0 Å². The van der Waals surface area contributed by atoms with Gasteiger partial charge in [0.2, 0.25) is 0 Å². The molecule has 0 amide bonds. The fourth-order valence-electron chi connectivity index (χ4n) is 3.29. The number of hydrogen-bond donors (Lipinski definition) is 0. The van der Waals surface area contributed by atoms with E-state index in [-0.39, 0.29) is 0 Å². The smallest absolute Gasteiger partial charge is 0.132 e. The van der Waals surface area contributed by atoms with E-state index in [0.29, 0.717) is 5.92 Å². The number of aryl methyl sites for hydroxylation is 1. The first kappa shape index (κ1) is 12.5. The molecule has 0 N–H and O–H groups in total. The van der Waals surface area contributed by atoms with E-state index in [1.165, 1.54) is 74.1 Å². The average Bonchev–Trinajstić information content (AvgIpc) is 2.47. The molecule has 0 aliphatic heterocycles. The van der Waals surface area contributed by atoms with Gasteiger partial charge in [0.05, 0.1) is 0 Å². The van der Waals surface area contributed by atoms with Crippen molar-refractivity contribution >= 4 is 11.8 Å². The summed E-state index contributed by atoms with van der Waals surface area (Å²) in [5.74, 6) is 1.79. The molecular weight excluding hydrogens is 240 g/mol. The van der Waals surface area contributed by atoms with Crippen molar-refractivity contribution in [2.45, 2.75) is 68.7 Å². The van der Waals surface area contributed by atoms with Gasteiger partial charge in [-0.25, -0.2) is 9.97 Å². The summed E-state index contributed by atoms with van der Waals surface area (Å²) in [6.07, 6.45) is 13.9. The number of fused-ring (bicyclic) bond motifs is 1. The van der Waals surface area contributed by atoms with Crippen molar-refractivity contribution < 1.29 is 0 Å². The van der Waals surface area contributed by atoms with Gasteiger partial charge in [-0.15, -0.1) is 11.8 Å². The summed E-state index contributed by atoms with van der Waals surface area (Å²) < 4.78 is 0. The molecule has 2 aliphatic rings. The molecule has 0 spiro atoms. The Morgan fingerprint density at radius 3 is 2.50 bits per heavy atom. The second-order valence-electron chi connectivity index (χ2n) is 5.56. The molecule has 2 nitrogen and oxygen atoms in total. The SMILES string of the molecule is CSc1nc(C2CCCCC2)nc2c1CCCC2. The first-order valence-corrected chi connectivity index (χ1v) is 8.54. The summed E-state index contributed by atoms with van der Waals surface area (Å²) in [5, 5.41) is 1.26. The van der Waals surface area contributed by atoms with E-state index in [4.69, 9.17) is 9.97 Å². The lowest BCUT2D eigenvalue weighted by molar-refractivity contribution is 0.423. The van der Waals surface area contributed by atoms with Crippen LogP contribution in [0.1, 0.15) is 67.9 Å². The summed E-state index contributed by atoms with van der Waals surface area (Å²) in [7, 11) is 0. The van der Waals surface area contributed by atoms with Crippen LogP contribution in [0.15, 0.2) is 5.03 Å². The first-order valence-electron chi connectivity index (χ1n) is 7.32. The van der Waals surface area contributed by atoms with Gasteiger partial charge in [0.15, 0.2) is 0 Å². The minimum absolute atomic E-state index is 0.636. The molecule has 1 aromatic heterocycles. The first-order chi connectivity index (χ1) is 8.88. The lowest BCUT2D eigenvalue weighted by Crippen LogP contribution is -2.15. The Morgan fingerprint density at radius 1 is 0.944 bits per heavy atom. The molecule has 1 saturated carbocycles. The van der Waals surface area contributed by atoms with E-state index < -0.39 is 0 Å². The van der Waals surface area contributed by atoms with Crippen molar-refractivity contribution in [3.8, 4) is 0 Å². The van der Waals surface area contributed by atoms with Crippen LogP contribution in [-0.2, 0) is 12.8 Å². The van der Waals surface area contributed by atoms with Crippen molar-refractivity contribution in [2.24, 2.45) is 0 Å². The number of rotatable bonds is 2. The molecule has 0 aromatic carbocycles. The van der Waals surface area contributed by atoms with Crippen molar-refractivity contribution in [3.63, 3.8) is 0 Å². The van der Waals surface area contributed by atoms with Crippen molar-refractivity contribution in [3.05, 3.63) is 17.1 Å². The van der Waals surface area contributed by atoms with Gasteiger partial charge in [0.1, 0.15) is 10.9 Å². The molecule has 0 bridgehead atoms. The fourth-order valence-corrected chi connectivity index (χ4v) is 3.94. The predicted molar refractivity (Wildman–Crippen MR) is 76.3 cm³/mol. The highest BCUT2D eigenvalue weighted by Gasteiger charge is 2.23. The molecule has 1 fully saturated rings. The van der Waals surface area contributed by atoms with Crippen LogP contribution in [0.3, 0.4) is 0 Å². The molecule has 1 heterocycles. The van der Waals surface area contributed by atoms with E-state index in [0.717, 1.165) is 5.82 Å². The fraction of sp³-hybridized carbons (Fsp3) is 0.733. The van der Waals surface area contributed by atoms with Crippen molar-refractivity contribution in [1.82, 2.24) is 9.97 Å².